The van der Waals surface area contributed by atoms with Gasteiger partial charge >= 0.3 is 17.9 Å². The van der Waals surface area contributed by atoms with Gasteiger partial charge in [0.1, 0.15) is 12.1 Å². The maximum atomic E-state index is 10.0. The Balaban J connectivity index is -0.000000256. The molecule has 10 nitrogen and oxygen atoms in total. The fourth-order valence-electron chi connectivity index (χ4n) is 0.737. The van der Waals surface area contributed by atoms with E-state index in [1.54, 1.807) is 0 Å². The van der Waals surface area contributed by atoms with Gasteiger partial charge in [0.25, 0.3) is 0 Å². The summed E-state index contributed by atoms with van der Waals surface area (Å²) >= 11 is 0. The first-order chi connectivity index (χ1) is 8.22. The van der Waals surface area contributed by atoms with E-state index in [-0.39, 0.29) is 5.48 Å². The first-order valence-corrected chi connectivity index (χ1v) is 5.11. The van der Waals surface area contributed by atoms with E-state index in [1.807, 2.05) is 0 Å². The molecule has 11 N–H and O–H groups in total. The summed E-state index contributed by atoms with van der Waals surface area (Å²) in [4.78, 5) is 29.7. The van der Waals surface area contributed by atoms with Gasteiger partial charge in [-0.2, -0.15) is 0 Å². The van der Waals surface area contributed by atoms with Crippen molar-refractivity contribution in [2.24, 2.45) is 17.2 Å². The summed E-state index contributed by atoms with van der Waals surface area (Å²) in [6.45, 7) is 0.501. The Bertz CT molecular complexity index is 285. The summed E-state index contributed by atoms with van der Waals surface area (Å²) < 4.78 is 0. The lowest BCUT2D eigenvalue weighted by molar-refractivity contribution is -0.144. The van der Waals surface area contributed by atoms with Crippen molar-refractivity contribution in [2.45, 2.75) is 31.3 Å². The van der Waals surface area contributed by atoms with E-state index in [1.165, 1.54) is 0 Å². The summed E-state index contributed by atoms with van der Waals surface area (Å²) in [5.74, 6) is -3.45. The lowest BCUT2D eigenvalue weighted by atomic mass is 10.2. The van der Waals surface area contributed by atoms with Gasteiger partial charge in [-0.1, -0.05) is 0 Å². The van der Waals surface area contributed by atoms with E-state index in [2.05, 4.69) is 0 Å². The Morgan fingerprint density at radius 2 is 1.37 bits per heavy atom. The second-order valence-electron chi connectivity index (χ2n) is 3.42. The third-order valence-corrected chi connectivity index (χ3v) is 1.75. The molecule has 0 fully saturated rings. The van der Waals surface area contributed by atoms with Gasteiger partial charge in [0.05, 0.1) is 6.42 Å². The van der Waals surface area contributed by atoms with E-state index in [4.69, 9.17) is 32.5 Å². The number of hydrogen-bond donors (Lipinski definition) is 6. The van der Waals surface area contributed by atoms with Crippen molar-refractivity contribution in [1.29, 1.82) is 0 Å². The van der Waals surface area contributed by atoms with Gasteiger partial charge in [0.15, 0.2) is 0 Å². The quantitative estimate of drug-likeness (QED) is 0.283. The van der Waals surface area contributed by atoms with Gasteiger partial charge in [-0.25, -0.2) is 0 Å². The predicted octanol–water partition coefficient (Wildman–Crippen LogP) is -2.81. The zero-order chi connectivity index (χ0) is 14.7. The molecule has 0 heterocycles. The number of aliphatic carboxylic acids is 3. The van der Waals surface area contributed by atoms with Crippen molar-refractivity contribution in [3.8, 4) is 0 Å². The molecule has 0 saturated heterocycles. The Labute approximate surface area is 109 Å². The molecule has 10 heteroatoms. The Kier molecular flexibility index (Phi) is 15.0. The fourth-order valence-corrected chi connectivity index (χ4v) is 0.737. The number of hydrogen-bond acceptors (Lipinski definition) is 6. The maximum absolute atomic E-state index is 10.0. The minimum absolute atomic E-state index is 0. The van der Waals surface area contributed by atoms with E-state index < -0.39 is 36.4 Å². The van der Waals surface area contributed by atoms with Crippen LogP contribution in [0.3, 0.4) is 0 Å². The molecule has 0 radical (unpaired) electrons. The average Bonchev–Trinajstić information content (AvgIpc) is 2.25. The zero-order valence-corrected chi connectivity index (χ0v) is 10.3. The molecule has 0 saturated carbocycles. The van der Waals surface area contributed by atoms with E-state index in [0.717, 1.165) is 0 Å². The molecule has 0 aromatic heterocycles. The van der Waals surface area contributed by atoms with Crippen LogP contribution >= 0.6 is 0 Å². The van der Waals surface area contributed by atoms with Crippen molar-refractivity contribution in [1.82, 2.24) is 0 Å². The summed E-state index contributed by atoms with van der Waals surface area (Å²) in [6.07, 6.45) is 0.606. The van der Waals surface area contributed by atoms with Crippen molar-refractivity contribution in [3.05, 3.63) is 0 Å². The molecule has 114 valence electrons. The summed E-state index contributed by atoms with van der Waals surface area (Å²) in [6, 6.07) is -2.03. The number of carboxylic acids is 3. The van der Waals surface area contributed by atoms with Gasteiger partial charge in [-0.15, -0.1) is 0 Å². The SMILES string of the molecule is NCCC[C@H](N)C(=O)O.N[C@@H](CC(=O)O)C(=O)O.O. The van der Waals surface area contributed by atoms with Crippen LogP contribution in [0.4, 0.5) is 0 Å². The highest BCUT2D eigenvalue weighted by molar-refractivity contribution is 5.80. The van der Waals surface area contributed by atoms with Gasteiger partial charge in [-0.3, -0.25) is 14.4 Å². The van der Waals surface area contributed by atoms with Crippen LogP contribution in [0.2, 0.25) is 0 Å². The second kappa shape index (κ2) is 12.7. The predicted molar refractivity (Wildman–Crippen MR) is 65.4 cm³/mol. The molecule has 0 aliphatic carbocycles. The largest absolute Gasteiger partial charge is 0.481 e. The molecule has 0 amide bonds. The summed E-state index contributed by atoms with van der Waals surface area (Å²) in [5, 5.41) is 24.3. The molecule has 0 rings (SSSR count). The van der Waals surface area contributed by atoms with Crippen LogP contribution in [-0.2, 0) is 14.4 Å². The third-order valence-electron chi connectivity index (χ3n) is 1.75. The van der Waals surface area contributed by atoms with Gasteiger partial charge in [0.2, 0.25) is 0 Å². The average molecular weight is 283 g/mol. The molecule has 19 heavy (non-hydrogen) atoms. The van der Waals surface area contributed by atoms with Crippen molar-refractivity contribution in [2.75, 3.05) is 6.54 Å². The lowest BCUT2D eigenvalue weighted by Crippen LogP contribution is -2.32. The number of carboxylic acid groups (broad SMARTS) is 3. The number of carbonyl (C=O) groups is 3. The van der Waals surface area contributed by atoms with Crippen molar-refractivity contribution in [3.63, 3.8) is 0 Å². The van der Waals surface area contributed by atoms with Gasteiger partial charge in [-0.05, 0) is 19.4 Å². The Morgan fingerprint density at radius 1 is 0.947 bits per heavy atom. The van der Waals surface area contributed by atoms with Crippen LogP contribution in [0.5, 0.6) is 0 Å². The first kappa shape index (κ1) is 22.4. The topological polar surface area (TPSA) is 221 Å². The number of rotatable bonds is 7. The van der Waals surface area contributed by atoms with E-state index in [9.17, 15) is 14.4 Å². The van der Waals surface area contributed by atoms with E-state index >= 15 is 0 Å². The summed E-state index contributed by atoms with van der Waals surface area (Å²) in [7, 11) is 0. The van der Waals surface area contributed by atoms with Crippen LogP contribution in [0.25, 0.3) is 0 Å². The molecule has 0 spiro atoms. The highest BCUT2D eigenvalue weighted by Gasteiger charge is 2.14. The van der Waals surface area contributed by atoms with Crippen LogP contribution in [-0.4, -0.2) is 57.3 Å². The lowest BCUT2D eigenvalue weighted by Gasteiger charge is -2.02. The van der Waals surface area contributed by atoms with Crippen LogP contribution in [0.15, 0.2) is 0 Å². The van der Waals surface area contributed by atoms with Gasteiger partial charge in [0, 0.05) is 0 Å². The molecular weight excluding hydrogens is 262 g/mol. The Hall–Kier alpha value is -1.75. The van der Waals surface area contributed by atoms with E-state index in [0.29, 0.717) is 19.4 Å². The van der Waals surface area contributed by atoms with Crippen LogP contribution in [0.1, 0.15) is 19.3 Å². The zero-order valence-electron chi connectivity index (χ0n) is 10.3. The van der Waals surface area contributed by atoms with Crippen molar-refractivity contribution < 1.29 is 35.2 Å². The summed E-state index contributed by atoms with van der Waals surface area (Å²) in [5.41, 5.74) is 15.1. The molecule has 2 atom stereocenters. The molecule has 0 unspecified atom stereocenters. The standard InChI is InChI=1S/C5H12N2O2.C4H7NO4.H2O/c6-3-1-2-4(7)5(8)9;5-2(4(8)9)1-3(6)7;/h4H,1-3,6-7H2,(H,8,9);2H,1,5H2,(H,6,7)(H,8,9);1H2/t4-;2-;/m00./s1. The highest BCUT2D eigenvalue weighted by atomic mass is 16.4. The van der Waals surface area contributed by atoms with Gasteiger partial charge < -0.3 is 38.0 Å². The third kappa shape index (κ3) is 16.2. The molecule has 0 aromatic carbocycles. The highest BCUT2D eigenvalue weighted by Crippen LogP contribution is 1.91. The second-order valence-corrected chi connectivity index (χ2v) is 3.42. The number of nitrogens with two attached hydrogens (primary N) is 3. The molecule has 0 aliphatic rings. The fraction of sp³-hybridized carbons (Fsp3) is 0.667. The van der Waals surface area contributed by atoms with Crippen LogP contribution in [0, 0.1) is 0 Å². The van der Waals surface area contributed by atoms with Crippen LogP contribution < -0.4 is 17.2 Å². The molecule has 0 aromatic rings. The minimum Gasteiger partial charge on any atom is -0.481 e. The smallest absolute Gasteiger partial charge is 0.321 e. The molecule has 0 aliphatic heterocycles. The molecular formula is C9H21N3O7. The monoisotopic (exact) mass is 283 g/mol. The maximum Gasteiger partial charge on any atom is 0.321 e. The Morgan fingerprint density at radius 3 is 1.58 bits per heavy atom. The molecule has 0 bridgehead atoms. The minimum atomic E-state index is -1.29. The normalized spacial score (nSPS) is 12.2. The van der Waals surface area contributed by atoms with Crippen molar-refractivity contribution >= 4 is 17.9 Å². The first-order valence-electron chi connectivity index (χ1n) is 5.11.